The van der Waals surface area contributed by atoms with Crippen LogP contribution in [0.3, 0.4) is 0 Å². The molecule has 2 aromatic rings. The summed E-state index contributed by atoms with van der Waals surface area (Å²) in [7, 11) is 0. The molecule has 2 rings (SSSR count). The van der Waals surface area contributed by atoms with Crippen LogP contribution in [0, 0.1) is 0 Å². The number of ether oxygens (including phenoxy) is 1. The van der Waals surface area contributed by atoms with Crippen molar-refractivity contribution in [3.8, 4) is 5.69 Å². The Bertz CT molecular complexity index is 603. The third-order valence-corrected chi connectivity index (χ3v) is 2.57. The maximum absolute atomic E-state index is 11.3. The zero-order valence-electron chi connectivity index (χ0n) is 11.5. The molecule has 0 fully saturated rings. The van der Waals surface area contributed by atoms with Gasteiger partial charge in [-0.2, -0.15) is 5.10 Å². The van der Waals surface area contributed by atoms with Crippen LogP contribution in [0.2, 0.25) is 0 Å². The fourth-order valence-corrected chi connectivity index (χ4v) is 1.73. The normalized spacial score (nSPS) is 11.2. The highest BCUT2D eigenvalue weighted by molar-refractivity contribution is 5.83. The van der Waals surface area contributed by atoms with Crippen LogP contribution in [0.5, 0.6) is 0 Å². The van der Waals surface area contributed by atoms with Crippen LogP contribution in [0.1, 0.15) is 13.8 Å². The second kappa shape index (κ2) is 6.56. The molecule has 1 aromatic heterocycles. The summed E-state index contributed by atoms with van der Waals surface area (Å²) in [5.74, 6) is -0.354. The maximum Gasteiger partial charge on any atom is 0.332 e. The minimum atomic E-state index is -0.354. The Morgan fingerprint density at radius 2 is 2.15 bits per heavy atom. The number of esters is 1. The predicted molar refractivity (Wildman–Crippen MR) is 77.6 cm³/mol. The average Bonchev–Trinajstić information content (AvgIpc) is 2.88. The quantitative estimate of drug-likeness (QED) is 0.671. The van der Waals surface area contributed by atoms with Gasteiger partial charge < -0.3 is 10.1 Å². The Kier molecular flexibility index (Phi) is 4.55. The van der Waals surface area contributed by atoms with Crippen LogP contribution in [0.4, 0.5) is 5.69 Å². The number of hydrogen-bond acceptors (Lipinski definition) is 4. The van der Waals surface area contributed by atoms with Crippen molar-refractivity contribution >= 4 is 11.7 Å². The molecule has 5 nitrogen and oxygen atoms in total. The molecule has 5 heteroatoms. The van der Waals surface area contributed by atoms with Crippen molar-refractivity contribution in [1.29, 1.82) is 0 Å². The molecule has 20 heavy (non-hydrogen) atoms. The lowest BCUT2D eigenvalue weighted by Crippen LogP contribution is -2.03. The Hall–Kier alpha value is -2.56. The Morgan fingerprint density at radius 3 is 2.85 bits per heavy atom. The molecule has 0 saturated heterocycles. The highest BCUT2D eigenvalue weighted by Gasteiger charge is 2.02. The van der Waals surface area contributed by atoms with E-state index in [1.54, 1.807) is 24.7 Å². The van der Waals surface area contributed by atoms with E-state index in [2.05, 4.69) is 10.4 Å². The molecule has 0 saturated carbocycles. The van der Waals surface area contributed by atoms with Crippen LogP contribution in [0.25, 0.3) is 5.69 Å². The molecule has 0 aliphatic carbocycles. The third kappa shape index (κ3) is 3.71. The van der Waals surface area contributed by atoms with E-state index in [1.807, 2.05) is 36.5 Å². The minimum Gasteiger partial charge on any atom is -0.463 e. The van der Waals surface area contributed by atoms with Crippen molar-refractivity contribution in [3.63, 3.8) is 0 Å². The van der Waals surface area contributed by atoms with E-state index in [1.165, 1.54) is 6.08 Å². The summed E-state index contributed by atoms with van der Waals surface area (Å²) in [6.07, 6.45) is 4.98. The van der Waals surface area contributed by atoms with E-state index >= 15 is 0 Å². The van der Waals surface area contributed by atoms with E-state index in [0.717, 1.165) is 11.4 Å². The molecule has 1 heterocycles. The second-order valence-electron chi connectivity index (χ2n) is 4.21. The Balaban J connectivity index is 2.05. The van der Waals surface area contributed by atoms with Crippen molar-refractivity contribution in [2.75, 3.05) is 11.9 Å². The number of anilines is 1. The number of allylic oxidation sites excluding steroid dienone is 1. The predicted octanol–water partition coefficient (Wildman–Crippen LogP) is 2.75. The number of carbonyl (C=O) groups is 1. The number of nitrogens with zero attached hydrogens (tertiary/aromatic N) is 2. The number of benzene rings is 1. The van der Waals surface area contributed by atoms with Crippen LogP contribution in [-0.4, -0.2) is 22.4 Å². The van der Waals surface area contributed by atoms with Crippen molar-refractivity contribution in [3.05, 3.63) is 54.5 Å². The van der Waals surface area contributed by atoms with Crippen LogP contribution < -0.4 is 5.32 Å². The Labute approximate surface area is 117 Å². The van der Waals surface area contributed by atoms with Gasteiger partial charge in [0.1, 0.15) is 0 Å². The molecule has 0 unspecified atom stereocenters. The summed E-state index contributed by atoms with van der Waals surface area (Å²) in [5, 5.41) is 7.36. The fourth-order valence-electron chi connectivity index (χ4n) is 1.73. The van der Waals surface area contributed by atoms with E-state index in [9.17, 15) is 4.79 Å². The first-order valence-electron chi connectivity index (χ1n) is 6.41. The molecule has 0 amide bonds. The number of rotatable bonds is 5. The topological polar surface area (TPSA) is 56.1 Å². The summed E-state index contributed by atoms with van der Waals surface area (Å²) >= 11 is 0. The Morgan fingerprint density at radius 1 is 1.40 bits per heavy atom. The molecular formula is C15H17N3O2. The fraction of sp³-hybridized carbons (Fsp3) is 0.200. The molecule has 1 N–H and O–H groups in total. The molecule has 0 atom stereocenters. The molecule has 1 aromatic carbocycles. The highest BCUT2D eigenvalue weighted by Crippen LogP contribution is 2.13. The third-order valence-electron chi connectivity index (χ3n) is 2.57. The first-order chi connectivity index (χ1) is 9.69. The largest absolute Gasteiger partial charge is 0.463 e. The number of para-hydroxylation sites is 1. The first kappa shape index (κ1) is 13.9. The van der Waals surface area contributed by atoms with Crippen molar-refractivity contribution < 1.29 is 9.53 Å². The van der Waals surface area contributed by atoms with Gasteiger partial charge in [0.15, 0.2) is 0 Å². The standard InChI is InChI=1S/C15H17N3O2/c1-3-20-15(19)9-12(2)17-13-10-16-18(11-13)14-7-5-4-6-8-14/h4-11,17H,3H2,1-2H3. The van der Waals surface area contributed by atoms with Crippen LogP contribution in [-0.2, 0) is 9.53 Å². The zero-order chi connectivity index (χ0) is 14.4. The summed E-state index contributed by atoms with van der Waals surface area (Å²) < 4.78 is 6.61. The van der Waals surface area contributed by atoms with Crippen LogP contribution >= 0.6 is 0 Å². The molecule has 0 bridgehead atoms. The van der Waals surface area contributed by atoms with Gasteiger partial charge in [0.2, 0.25) is 0 Å². The van der Waals surface area contributed by atoms with Crippen LogP contribution in [0.15, 0.2) is 54.5 Å². The van der Waals surface area contributed by atoms with Gasteiger partial charge in [-0.25, -0.2) is 9.48 Å². The lowest BCUT2D eigenvalue weighted by Gasteiger charge is -2.03. The minimum absolute atomic E-state index is 0.354. The number of aromatic nitrogens is 2. The van der Waals surface area contributed by atoms with Gasteiger partial charge in [-0.1, -0.05) is 18.2 Å². The van der Waals surface area contributed by atoms with E-state index in [0.29, 0.717) is 12.3 Å². The van der Waals surface area contributed by atoms with Gasteiger partial charge in [0, 0.05) is 11.8 Å². The van der Waals surface area contributed by atoms with Gasteiger partial charge in [-0.05, 0) is 26.0 Å². The molecule has 104 valence electrons. The molecule has 0 radical (unpaired) electrons. The summed E-state index contributed by atoms with van der Waals surface area (Å²) in [6.45, 7) is 3.95. The van der Waals surface area contributed by atoms with Crippen molar-refractivity contribution in [2.45, 2.75) is 13.8 Å². The maximum atomic E-state index is 11.3. The SMILES string of the molecule is CCOC(=O)C=C(C)Nc1cnn(-c2ccccc2)c1. The van der Waals surface area contributed by atoms with Gasteiger partial charge in [0.05, 0.1) is 30.4 Å². The first-order valence-corrected chi connectivity index (χ1v) is 6.41. The van der Waals surface area contributed by atoms with E-state index < -0.39 is 0 Å². The lowest BCUT2D eigenvalue weighted by molar-refractivity contribution is -0.137. The average molecular weight is 271 g/mol. The van der Waals surface area contributed by atoms with Crippen molar-refractivity contribution in [1.82, 2.24) is 9.78 Å². The monoisotopic (exact) mass is 271 g/mol. The van der Waals surface area contributed by atoms with Gasteiger partial charge >= 0.3 is 5.97 Å². The van der Waals surface area contributed by atoms with Crippen molar-refractivity contribution in [2.24, 2.45) is 0 Å². The van der Waals surface area contributed by atoms with Gasteiger partial charge in [-0.15, -0.1) is 0 Å². The summed E-state index contributed by atoms with van der Waals surface area (Å²) in [5.41, 5.74) is 2.50. The number of carbonyl (C=O) groups excluding carboxylic acids is 1. The van der Waals surface area contributed by atoms with E-state index in [4.69, 9.17) is 4.74 Å². The summed E-state index contributed by atoms with van der Waals surface area (Å²) in [4.78, 5) is 11.3. The zero-order valence-corrected chi connectivity index (χ0v) is 11.5. The number of nitrogens with one attached hydrogen (secondary N) is 1. The molecular weight excluding hydrogens is 254 g/mol. The number of hydrogen-bond donors (Lipinski definition) is 1. The molecule has 0 spiro atoms. The van der Waals surface area contributed by atoms with E-state index in [-0.39, 0.29) is 5.97 Å². The van der Waals surface area contributed by atoms with Gasteiger partial charge in [-0.3, -0.25) is 0 Å². The smallest absolute Gasteiger partial charge is 0.332 e. The molecule has 0 aliphatic heterocycles. The lowest BCUT2D eigenvalue weighted by atomic mass is 10.3. The van der Waals surface area contributed by atoms with Gasteiger partial charge in [0.25, 0.3) is 0 Å². The molecule has 0 aliphatic rings. The second-order valence-corrected chi connectivity index (χ2v) is 4.21. The highest BCUT2D eigenvalue weighted by atomic mass is 16.5. The summed E-state index contributed by atoms with van der Waals surface area (Å²) in [6, 6.07) is 9.81.